The predicted molar refractivity (Wildman–Crippen MR) is 149 cm³/mol. The molecular formula is C25H32Br4O4. The molecule has 2 rings (SSSR count). The number of benzene rings is 2. The molecule has 4 nitrogen and oxygen atoms in total. The number of ether oxygens (including phenoxy) is 2. The van der Waals surface area contributed by atoms with Crippen molar-refractivity contribution in [1.29, 1.82) is 0 Å². The molecule has 2 aromatic carbocycles. The zero-order valence-corrected chi connectivity index (χ0v) is 25.8. The van der Waals surface area contributed by atoms with Crippen LogP contribution in [0.5, 0.6) is 11.5 Å². The van der Waals surface area contributed by atoms with E-state index in [1.165, 1.54) is 0 Å². The van der Waals surface area contributed by atoms with Crippen molar-refractivity contribution in [1.82, 2.24) is 0 Å². The number of hydrogen-bond donors (Lipinski definition) is 2. The molecule has 2 N–H and O–H groups in total. The Bertz CT molecular complexity index is 805. The van der Waals surface area contributed by atoms with E-state index in [1.807, 2.05) is 13.8 Å². The van der Waals surface area contributed by atoms with E-state index in [-0.39, 0.29) is 30.5 Å². The first-order valence-electron chi connectivity index (χ1n) is 11.0. The first kappa shape index (κ1) is 29.1. The van der Waals surface area contributed by atoms with Crippen LogP contribution in [0, 0.1) is 11.8 Å². The van der Waals surface area contributed by atoms with Crippen LogP contribution in [0.2, 0.25) is 0 Å². The SMILES string of the molecule is CCC(CO)COc1c(Br)cc(C(C)(C)c2cc(Br)c(OCC(CC)CO)c(Br)c2)cc1Br. The van der Waals surface area contributed by atoms with E-state index in [9.17, 15) is 10.2 Å². The quantitative estimate of drug-likeness (QED) is 0.235. The maximum absolute atomic E-state index is 9.44. The average Bonchev–Trinajstić information content (AvgIpc) is 2.77. The highest BCUT2D eigenvalue weighted by Gasteiger charge is 2.27. The van der Waals surface area contributed by atoms with Crippen molar-refractivity contribution in [2.45, 2.75) is 46.0 Å². The van der Waals surface area contributed by atoms with Gasteiger partial charge in [-0.15, -0.1) is 0 Å². The van der Waals surface area contributed by atoms with E-state index in [0.29, 0.717) is 13.2 Å². The molecule has 0 radical (unpaired) electrons. The summed E-state index contributed by atoms with van der Waals surface area (Å²) in [6, 6.07) is 8.33. The summed E-state index contributed by atoms with van der Waals surface area (Å²) in [6.07, 6.45) is 1.72. The number of aliphatic hydroxyl groups excluding tert-OH is 2. The molecule has 0 aliphatic carbocycles. The molecular weight excluding hydrogens is 684 g/mol. The Labute approximate surface area is 231 Å². The first-order chi connectivity index (χ1) is 15.6. The highest BCUT2D eigenvalue weighted by molar-refractivity contribution is 9.11. The summed E-state index contributed by atoms with van der Waals surface area (Å²) in [5, 5.41) is 18.9. The lowest BCUT2D eigenvalue weighted by Gasteiger charge is -2.28. The van der Waals surface area contributed by atoms with Crippen LogP contribution in [0.4, 0.5) is 0 Å². The van der Waals surface area contributed by atoms with E-state index in [0.717, 1.165) is 53.4 Å². The highest BCUT2D eigenvalue weighted by atomic mass is 79.9. The van der Waals surface area contributed by atoms with E-state index >= 15 is 0 Å². The highest BCUT2D eigenvalue weighted by Crippen LogP contribution is 2.44. The second-order valence-corrected chi connectivity index (χ2v) is 12.1. The van der Waals surface area contributed by atoms with Crippen LogP contribution in [0.1, 0.15) is 51.7 Å². The molecule has 0 amide bonds. The predicted octanol–water partition coefficient (Wildman–Crippen LogP) is 7.86. The Kier molecular flexibility index (Phi) is 11.7. The summed E-state index contributed by atoms with van der Waals surface area (Å²) in [7, 11) is 0. The Morgan fingerprint density at radius 1 is 0.697 bits per heavy atom. The van der Waals surface area contributed by atoms with Crippen LogP contribution in [0.15, 0.2) is 42.2 Å². The molecule has 184 valence electrons. The molecule has 0 saturated carbocycles. The van der Waals surface area contributed by atoms with Gasteiger partial charge in [-0.25, -0.2) is 0 Å². The van der Waals surface area contributed by atoms with Gasteiger partial charge < -0.3 is 19.7 Å². The zero-order valence-electron chi connectivity index (χ0n) is 19.4. The first-order valence-corrected chi connectivity index (χ1v) is 14.2. The molecule has 0 spiro atoms. The maximum Gasteiger partial charge on any atom is 0.147 e. The van der Waals surface area contributed by atoms with Crippen LogP contribution in [0.3, 0.4) is 0 Å². The topological polar surface area (TPSA) is 58.9 Å². The molecule has 0 heterocycles. The fourth-order valence-electron chi connectivity index (χ4n) is 3.29. The van der Waals surface area contributed by atoms with Gasteiger partial charge in [0.25, 0.3) is 0 Å². The third-order valence-corrected chi connectivity index (χ3v) is 8.39. The van der Waals surface area contributed by atoms with Crippen molar-refractivity contribution >= 4 is 63.7 Å². The lowest BCUT2D eigenvalue weighted by Crippen LogP contribution is -2.20. The molecule has 0 aliphatic rings. The minimum Gasteiger partial charge on any atom is -0.491 e. The van der Waals surface area contributed by atoms with E-state index in [2.05, 4.69) is 102 Å². The lowest BCUT2D eigenvalue weighted by atomic mass is 9.78. The minimum atomic E-state index is -0.304. The Morgan fingerprint density at radius 2 is 1.00 bits per heavy atom. The van der Waals surface area contributed by atoms with Crippen molar-refractivity contribution in [3.8, 4) is 11.5 Å². The molecule has 0 aromatic heterocycles. The van der Waals surface area contributed by atoms with Gasteiger partial charge in [0.2, 0.25) is 0 Å². The fourth-order valence-corrected chi connectivity index (χ4v) is 6.12. The third kappa shape index (κ3) is 7.43. The van der Waals surface area contributed by atoms with Gasteiger partial charge >= 0.3 is 0 Å². The molecule has 0 saturated heterocycles. The van der Waals surface area contributed by atoms with Gasteiger partial charge in [-0.2, -0.15) is 0 Å². The molecule has 0 bridgehead atoms. The van der Waals surface area contributed by atoms with Crippen molar-refractivity contribution in [2.75, 3.05) is 26.4 Å². The Balaban J connectivity index is 2.31. The summed E-state index contributed by atoms with van der Waals surface area (Å²) in [6.45, 7) is 9.58. The van der Waals surface area contributed by atoms with Crippen molar-refractivity contribution in [3.05, 3.63) is 53.3 Å². The molecule has 8 heteroatoms. The zero-order chi connectivity index (χ0) is 24.8. The average molecular weight is 716 g/mol. The monoisotopic (exact) mass is 712 g/mol. The standard InChI is InChI=1S/C25H32Br4O4/c1-5-15(11-30)13-32-23-19(26)7-17(8-20(23)27)25(3,4)18-9-21(28)24(22(29)10-18)33-14-16(6-2)12-31/h7-10,15-16,30-31H,5-6,11-14H2,1-4H3. The van der Waals surface area contributed by atoms with Crippen LogP contribution in [0.25, 0.3) is 0 Å². The van der Waals surface area contributed by atoms with Crippen LogP contribution >= 0.6 is 63.7 Å². The Hall–Kier alpha value is -0.120. The minimum absolute atomic E-state index is 0.111. The van der Waals surface area contributed by atoms with Crippen molar-refractivity contribution in [3.63, 3.8) is 0 Å². The van der Waals surface area contributed by atoms with Gasteiger partial charge in [-0.3, -0.25) is 0 Å². The fraction of sp³-hybridized carbons (Fsp3) is 0.520. The van der Waals surface area contributed by atoms with Crippen LogP contribution < -0.4 is 9.47 Å². The van der Waals surface area contributed by atoms with Gasteiger partial charge in [0, 0.05) is 30.5 Å². The summed E-state index contributed by atoms with van der Waals surface area (Å²) in [4.78, 5) is 0. The number of rotatable bonds is 12. The summed E-state index contributed by atoms with van der Waals surface area (Å²) >= 11 is 14.7. The van der Waals surface area contributed by atoms with Gasteiger partial charge in [0.05, 0.1) is 31.1 Å². The normalized spacial score (nSPS) is 13.6. The summed E-state index contributed by atoms with van der Waals surface area (Å²) in [5.41, 5.74) is 1.92. The number of halogens is 4. The largest absolute Gasteiger partial charge is 0.491 e. The van der Waals surface area contributed by atoms with E-state index < -0.39 is 0 Å². The van der Waals surface area contributed by atoms with Crippen molar-refractivity contribution in [2.24, 2.45) is 11.8 Å². The van der Waals surface area contributed by atoms with E-state index in [1.54, 1.807) is 0 Å². The molecule has 33 heavy (non-hydrogen) atoms. The number of aliphatic hydroxyl groups is 2. The van der Waals surface area contributed by atoms with Crippen LogP contribution in [-0.4, -0.2) is 36.6 Å². The molecule has 2 atom stereocenters. The van der Waals surface area contributed by atoms with E-state index in [4.69, 9.17) is 9.47 Å². The summed E-state index contributed by atoms with van der Waals surface area (Å²) in [5.74, 6) is 1.70. The maximum atomic E-state index is 9.44. The Morgan fingerprint density at radius 3 is 1.24 bits per heavy atom. The second-order valence-electron chi connectivity index (χ2n) is 8.70. The van der Waals surface area contributed by atoms with Gasteiger partial charge in [-0.05, 0) is 112 Å². The second kappa shape index (κ2) is 13.3. The van der Waals surface area contributed by atoms with Gasteiger partial charge in [0.1, 0.15) is 11.5 Å². The lowest BCUT2D eigenvalue weighted by molar-refractivity contribution is 0.158. The molecule has 0 aliphatic heterocycles. The third-order valence-electron chi connectivity index (χ3n) is 6.04. The smallest absolute Gasteiger partial charge is 0.147 e. The van der Waals surface area contributed by atoms with Gasteiger partial charge in [0.15, 0.2) is 0 Å². The summed E-state index contributed by atoms with van der Waals surface area (Å²) < 4.78 is 15.4. The van der Waals surface area contributed by atoms with Gasteiger partial charge in [-0.1, -0.05) is 27.7 Å². The number of hydrogen-bond acceptors (Lipinski definition) is 4. The molecule has 0 fully saturated rings. The molecule has 2 unspecified atom stereocenters. The molecule has 2 aromatic rings. The van der Waals surface area contributed by atoms with Crippen molar-refractivity contribution < 1.29 is 19.7 Å². The van der Waals surface area contributed by atoms with Crippen LogP contribution in [-0.2, 0) is 5.41 Å².